The lowest BCUT2D eigenvalue weighted by Crippen LogP contribution is -2.48. The van der Waals surface area contributed by atoms with E-state index in [-0.39, 0.29) is 26.3 Å². The second kappa shape index (κ2) is 17.5. The van der Waals surface area contributed by atoms with Crippen molar-refractivity contribution in [1.82, 2.24) is 16.0 Å². The predicted molar refractivity (Wildman–Crippen MR) is 147 cm³/mol. The van der Waals surface area contributed by atoms with Crippen molar-refractivity contribution in [2.24, 2.45) is 0 Å². The third-order valence-corrected chi connectivity index (χ3v) is 5.15. The van der Waals surface area contributed by atoms with Gasteiger partial charge in [-0.25, -0.2) is 14.9 Å². The number of carbonyl (C=O) groups is 4. The summed E-state index contributed by atoms with van der Waals surface area (Å²) < 4.78 is 25.7. The van der Waals surface area contributed by atoms with Gasteiger partial charge in [0.2, 0.25) is 0 Å². The van der Waals surface area contributed by atoms with Crippen LogP contribution < -0.4 is 30.2 Å². The van der Waals surface area contributed by atoms with E-state index in [1.807, 2.05) is 0 Å². The molecule has 2 atom stereocenters. The van der Waals surface area contributed by atoms with E-state index < -0.39 is 43.0 Å². The molecule has 0 aliphatic rings. The molecule has 0 saturated heterocycles. The number of aliphatic hydroxyl groups excluding tert-OH is 1. The molecule has 2 unspecified atom stereocenters. The van der Waals surface area contributed by atoms with Gasteiger partial charge in [-0.1, -0.05) is 54.6 Å². The Kier molecular flexibility index (Phi) is 13.1. The maximum atomic E-state index is 12.7. The van der Waals surface area contributed by atoms with Gasteiger partial charge in [-0.2, -0.15) is 0 Å². The summed E-state index contributed by atoms with van der Waals surface area (Å²) >= 11 is 0. The predicted octanol–water partition coefficient (Wildman–Crippen LogP) is 2.35. The highest BCUT2D eigenvalue weighted by Crippen LogP contribution is 2.11. The summed E-state index contributed by atoms with van der Waals surface area (Å²) in [5, 5.41) is 17.6. The van der Waals surface area contributed by atoms with Crippen molar-refractivity contribution < 1.29 is 48.0 Å². The van der Waals surface area contributed by atoms with Crippen LogP contribution in [0, 0.1) is 0 Å². The van der Waals surface area contributed by atoms with Crippen LogP contribution in [0.3, 0.4) is 0 Å². The Balaban J connectivity index is 1.44. The minimum atomic E-state index is -1.67. The third-order valence-electron chi connectivity index (χ3n) is 5.15. The monoisotopic (exact) mass is 581 g/mol. The zero-order valence-corrected chi connectivity index (χ0v) is 22.5. The lowest BCUT2D eigenvalue weighted by molar-refractivity contribution is -0.156. The normalized spacial score (nSPS) is 11.7. The number of carbonyl (C=O) groups excluding carboxylic acids is 4. The minimum Gasteiger partial charge on any atom is -0.464 e. The summed E-state index contributed by atoms with van der Waals surface area (Å²) in [6, 6.07) is 23.7. The zero-order valence-electron chi connectivity index (χ0n) is 22.5. The van der Waals surface area contributed by atoms with Crippen LogP contribution >= 0.6 is 0 Å². The van der Waals surface area contributed by atoms with Crippen LogP contribution in [0.25, 0.3) is 0 Å². The number of benzene rings is 3. The Morgan fingerprint density at radius 1 is 0.643 bits per heavy atom. The molecule has 3 rings (SSSR count). The van der Waals surface area contributed by atoms with Crippen LogP contribution in [0.5, 0.6) is 17.2 Å². The molecule has 0 aliphatic heterocycles. The van der Waals surface area contributed by atoms with Crippen LogP contribution in [0.1, 0.15) is 6.42 Å². The molecule has 13 heteroatoms. The summed E-state index contributed by atoms with van der Waals surface area (Å²) in [4.78, 5) is 48.9. The van der Waals surface area contributed by atoms with Crippen molar-refractivity contribution in [2.75, 3.05) is 26.3 Å². The molecule has 222 valence electrons. The number of hydrogen-bond donors (Lipinski definition) is 4. The van der Waals surface area contributed by atoms with Gasteiger partial charge in [0, 0.05) is 0 Å². The van der Waals surface area contributed by atoms with Crippen molar-refractivity contribution in [2.45, 2.75) is 18.9 Å². The minimum absolute atomic E-state index is 0.0511. The van der Waals surface area contributed by atoms with E-state index in [9.17, 15) is 24.3 Å². The van der Waals surface area contributed by atoms with Crippen molar-refractivity contribution in [3.05, 3.63) is 91.0 Å². The van der Waals surface area contributed by atoms with Gasteiger partial charge in [-0.3, -0.25) is 9.59 Å². The summed E-state index contributed by atoms with van der Waals surface area (Å²) in [6.45, 7) is -0.590. The molecule has 3 aromatic carbocycles. The first-order valence-corrected chi connectivity index (χ1v) is 12.9. The second-order valence-corrected chi connectivity index (χ2v) is 8.35. The number of amides is 2. The lowest BCUT2D eigenvalue weighted by Gasteiger charge is -2.21. The molecular formula is C29H31N3O10. The van der Waals surface area contributed by atoms with E-state index in [0.717, 1.165) is 0 Å². The van der Waals surface area contributed by atoms with Crippen LogP contribution in [0.15, 0.2) is 91.0 Å². The molecule has 0 saturated carbocycles. The highest BCUT2D eigenvalue weighted by atomic mass is 16.6. The van der Waals surface area contributed by atoms with Gasteiger partial charge in [-0.05, 0) is 36.4 Å². The van der Waals surface area contributed by atoms with Gasteiger partial charge in [0.05, 0.1) is 19.5 Å². The molecule has 2 amide bonds. The molecule has 3 aromatic rings. The molecule has 42 heavy (non-hydrogen) atoms. The van der Waals surface area contributed by atoms with Gasteiger partial charge < -0.3 is 39.4 Å². The van der Waals surface area contributed by atoms with Gasteiger partial charge in [0.15, 0.2) is 0 Å². The van der Waals surface area contributed by atoms with Gasteiger partial charge >= 0.3 is 24.1 Å². The van der Waals surface area contributed by atoms with E-state index in [1.165, 1.54) is 0 Å². The lowest BCUT2D eigenvalue weighted by atomic mass is 10.2. The third kappa shape index (κ3) is 12.4. The van der Waals surface area contributed by atoms with Crippen LogP contribution in [0.4, 0.5) is 9.59 Å². The molecule has 4 N–H and O–H groups in total. The molecule has 0 aliphatic carbocycles. The Hall–Kier alpha value is -5.14. The Labute approximate surface area is 241 Å². The summed E-state index contributed by atoms with van der Waals surface area (Å²) in [5.41, 5.74) is 0. The van der Waals surface area contributed by atoms with E-state index in [0.29, 0.717) is 17.2 Å². The van der Waals surface area contributed by atoms with Crippen molar-refractivity contribution in [1.29, 1.82) is 0 Å². The Morgan fingerprint density at radius 2 is 1.10 bits per heavy atom. The van der Waals surface area contributed by atoms with Crippen molar-refractivity contribution in [3.63, 3.8) is 0 Å². The van der Waals surface area contributed by atoms with Crippen LogP contribution in [-0.2, 0) is 19.1 Å². The van der Waals surface area contributed by atoms with Crippen molar-refractivity contribution >= 4 is 24.1 Å². The van der Waals surface area contributed by atoms with E-state index >= 15 is 0 Å². The van der Waals surface area contributed by atoms with Gasteiger partial charge in [-0.15, -0.1) is 0 Å². The molecule has 0 spiro atoms. The molecule has 0 aromatic heterocycles. The summed E-state index contributed by atoms with van der Waals surface area (Å²) in [7, 11) is 0. The molecule has 0 heterocycles. The van der Waals surface area contributed by atoms with Gasteiger partial charge in [0.1, 0.15) is 36.5 Å². The highest BCUT2D eigenvalue weighted by molar-refractivity contribution is 5.82. The fraction of sp³-hybridized carbons (Fsp3) is 0.241. The van der Waals surface area contributed by atoms with Crippen LogP contribution in [0.2, 0.25) is 0 Å². The van der Waals surface area contributed by atoms with E-state index in [4.69, 9.17) is 23.7 Å². The second-order valence-electron chi connectivity index (χ2n) is 8.35. The Bertz CT molecular complexity index is 1260. The number of ether oxygens (including phenoxy) is 5. The first-order valence-electron chi connectivity index (χ1n) is 12.9. The molecule has 0 fully saturated rings. The largest absolute Gasteiger partial charge is 0.464 e. The standard InChI is InChI=1S/C29H31N3O10/c33-25(38-18-16-30-27(35)40-21-10-4-1-5-11-21)20-24(32-29(37)42-23-14-8-3-9-15-23)26(34)39-19-17-31-28(36)41-22-12-6-2-7-13-22/h1-15,24,29,32,37H,16-20H2,(H,30,35)(H,31,36). The molecular weight excluding hydrogens is 550 g/mol. The number of para-hydroxylation sites is 3. The summed E-state index contributed by atoms with van der Waals surface area (Å²) in [5.74, 6) is -0.740. The number of esters is 2. The zero-order chi connectivity index (χ0) is 30.0. The molecule has 0 bridgehead atoms. The quantitative estimate of drug-likeness (QED) is 0.118. The molecule has 0 radical (unpaired) electrons. The average molecular weight is 582 g/mol. The first-order chi connectivity index (χ1) is 20.4. The van der Waals surface area contributed by atoms with Gasteiger partial charge in [0.25, 0.3) is 6.41 Å². The summed E-state index contributed by atoms with van der Waals surface area (Å²) in [6.07, 6.45) is -3.69. The maximum Gasteiger partial charge on any atom is 0.412 e. The first kappa shape index (κ1) is 31.4. The van der Waals surface area contributed by atoms with Crippen molar-refractivity contribution in [3.8, 4) is 17.2 Å². The number of rotatable bonds is 15. The topological polar surface area (TPSA) is 171 Å². The number of nitrogens with one attached hydrogen (secondary N) is 3. The fourth-order valence-corrected chi connectivity index (χ4v) is 3.26. The van der Waals surface area contributed by atoms with E-state index in [2.05, 4.69) is 16.0 Å². The average Bonchev–Trinajstić information content (AvgIpc) is 2.98. The number of hydrogen-bond acceptors (Lipinski definition) is 11. The SMILES string of the molecule is O=C(CC(NC(O)Oc1ccccc1)C(=O)OCCNC(=O)Oc1ccccc1)OCCNC(=O)Oc1ccccc1. The highest BCUT2D eigenvalue weighted by Gasteiger charge is 2.27. The number of aliphatic hydroxyl groups is 1. The fourth-order valence-electron chi connectivity index (χ4n) is 3.26. The smallest absolute Gasteiger partial charge is 0.412 e. The van der Waals surface area contributed by atoms with E-state index in [1.54, 1.807) is 91.0 Å². The maximum absolute atomic E-state index is 12.7. The molecule has 13 nitrogen and oxygen atoms in total. The van der Waals surface area contributed by atoms with Crippen LogP contribution in [-0.4, -0.2) is 68.0 Å². The Morgan fingerprint density at radius 3 is 1.60 bits per heavy atom.